The summed E-state index contributed by atoms with van der Waals surface area (Å²) >= 11 is 0. The van der Waals surface area contributed by atoms with Crippen LogP contribution in [0.4, 0.5) is 4.39 Å². The topological polar surface area (TPSA) is 50.4 Å². The molecule has 0 bridgehead atoms. The lowest BCUT2D eigenvalue weighted by Gasteiger charge is -2.31. The van der Waals surface area contributed by atoms with Gasteiger partial charge in [-0.1, -0.05) is 6.92 Å². The van der Waals surface area contributed by atoms with Gasteiger partial charge in [0.05, 0.1) is 6.54 Å². The lowest BCUT2D eigenvalue weighted by molar-refractivity contribution is -0.126. The number of nitrogens with one attached hydrogen (secondary N) is 2. The van der Waals surface area contributed by atoms with Gasteiger partial charge in [-0.3, -0.25) is 4.79 Å². The van der Waals surface area contributed by atoms with Crippen molar-refractivity contribution in [3.05, 3.63) is 30.1 Å². The van der Waals surface area contributed by atoms with Gasteiger partial charge in [-0.25, -0.2) is 4.39 Å². The molecule has 20 heavy (non-hydrogen) atoms. The van der Waals surface area contributed by atoms with Crippen molar-refractivity contribution in [2.24, 2.45) is 11.8 Å². The maximum absolute atomic E-state index is 12.7. The van der Waals surface area contributed by atoms with Gasteiger partial charge in [0.25, 0.3) is 0 Å². The molecule has 1 aromatic carbocycles. The first kappa shape index (κ1) is 16.7. The lowest BCUT2D eigenvalue weighted by Crippen LogP contribution is -2.49. The molecule has 1 atom stereocenters. The molecule has 0 aromatic heterocycles. The first-order valence-electron chi connectivity index (χ1n) is 6.53. The second-order valence-electron chi connectivity index (χ2n) is 4.80. The predicted molar refractivity (Wildman–Crippen MR) is 77.7 cm³/mol. The Hall–Kier alpha value is -1.33. The average molecular weight is 303 g/mol. The molecule has 1 aliphatic rings. The van der Waals surface area contributed by atoms with Crippen molar-refractivity contribution < 1.29 is 13.9 Å². The van der Waals surface area contributed by atoms with Crippen LogP contribution < -0.4 is 15.4 Å². The third-order valence-corrected chi connectivity index (χ3v) is 3.42. The first-order chi connectivity index (χ1) is 9.16. The van der Waals surface area contributed by atoms with Crippen LogP contribution >= 0.6 is 12.4 Å². The number of amides is 1. The standard InChI is InChI=1S/C14H19FN2O2.ClH/c1-10(11-8-16-9-11)14(18)17-6-7-19-13-4-2-12(15)3-5-13;/h2-5,10-11,16H,6-9H2,1H3,(H,17,18);1H. The van der Waals surface area contributed by atoms with E-state index in [1.165, 1.54) is 12.1 Å². The number of rotatable bonds is 6. The fraction of sp³-hybridized carbons (Fsp3) is 0.500. The minimum Gasteiger partial charge on any atom is -0.492 e. The molecule has 6 heteroatoms. The molecular weight excluding hydrogens is 283 g/mol. The molecule has 0 aliphatic carbocycles. The smallest absolute Gasteiger partial charge is 0.223 e. The van der Waals surface area contributed by atoms with Crippen LogP contribution in [0.25, 0.3) is 0 Å². The van der Waals surface area contributed by atoms with E-state index in [4.69, 9.17) is 4.74 Å². The molecule has 0 radical (unpaired) electrons. The monoisotopic (exact) mass is 302 g/mol. The number of halogens is 2. The largest absolute Gasteiger partial charge is 0.492 e. The van der Waals surface area contributed by atoms with Crippen LogP contribution in [-0.2, 0) is 4.79 Å². The van der Waals surface area contributed by atoms with E-state index < -0.39 is 0 Å². The summed E-state index contributed by atoms with van der Waals surface area (Å²) in [5.74, 6) is 0.856. The van der Waals surface area contributed by atoms with Crippen LogP contribution in [0.1, 0.15) is 6.92 Å². The van der Waals surface area contributed by atoms with Gasteiger partial charge in [0.1, 0.15) is 18.2 Å². The predicted octanol–water partition coefficient (Wildman–Crippen LogP) is 1.60. The summed E-state index contributed by atoms with van der Waals surface area (Å²) in [5, 5.41) is 6.00. The maximum Gasteiger partial charge on any atom is 0.223 e. The molecule has 1 saturated heterocycles. The minimum atomic E-state index is -0.288. The number of carbonyl (C=O) groups excluding carboxylic acids is 1. The van der Waals surface area contributed by atoms with Gasteiger partial charge in [-0.05, 0) is 43.3 Å². The molecule has 1 heterocycles. The highest BCUT2D eigenvalue weighted by Crippen LogP contribution is 2.15. The van der Waals surface area contributed by atoms with Crippen molar-refractivity contribution in [2.45, 2.75) is 6.92 Å². The van der Waals surface area contributed by atoms with Crippen LogP contribution in [0.15, 0.2) is 24.3 Å². The molecule has 0 spiro atoms. The zero-order valence-electron chi connectivity index (χ0n) is 11.4. The summed E-state index contributed by atoms with van der Waals surface area (Å²) in [6, 6.07) is 5.83. The highest BCUT2D eigenvalue weighted by molar-refractivity contribution is 5.85. The van der Waals surface area contributed by atoms with Crippen molar-refractivity contribution >= 4 is 18.3 Å². The fourth-order valence-corrected chi connectivity index (χ4v) is 1.91. The van der Waals surface area contributed by atoms with E-state index in [-0.39, 0.29) is 30.0 Å². The molecule has 1 aromatic rings. The maximum atomic E-state index is 12.7. The molecule has 1 amide bonds. The van der Waals surface area contributed by atoms with Crippen LogP contribution in [0, 0.1) is 17.7 Å². The number of hydrogen-bond acceptors (Lipinski definition) is 3. The molecule has 112 valence electrons. The minimum absolute atomic E-state index is 0. The Balaban J connectivity index is 0.00000200. The Morgan fingerprint density at radius 1 is 1.45 bits per heavy atom. The molecular formula is C14H20ClFN2O2. The molecule has 1 fully saturated rings. The van der Waals surface area contributed by atoms with Gasteiger partial charge in [0.15, 0.2) is 0 Å². The lowest BCUT2D eigenvalue weighted by atomic mass is 9.88. The second-order valence-corrected chi connectivity index (χ2v) is 4.80. The number of hydrogen-bond donors (Lipinski definition) is 2. The Kier molecular flexibility index (Phi) is 6.75. The number of carbonyl (C=O) groups is 1. The summed E-state index contributed by atoms with van der Waals surface area (Å²) in [4.78, 5) is 11.8. The van der Waals surface area contributed by atoms with Crippen LogP contribution in [0.5, 0.6) is 5.75 Å². The fourth-order valence-electron chi connectivity index (χ4n) is 1.91. The van der Waals surface area contributed by atoms with Gasteiger partial charge in [-0.15, -0.1) is 12.4 Å². The Bertz CT molecular complexity index is 424. The average Bonchev–Trinajstić information content (AvgIpc) is 2.34. The highest BCUT2D eigenvalue weighted by Gasteiger charge is 2.28. The third-order valence-electron chi connectivity index (χ3n) is 3.42. The van der Waals surface area contributed by atoms with Crippen molar-refractivity contribution in [3.63, 3.8) is 0 Å². The summed E-state index contributed by atoms with van der Waals surface area (Å²) in [5.41, 5.74) is 0. The van der Waals surface area contributed by atoms with Gasteiger partial charge in [0.2, 0.25) is 5.91 Å². The second kappa shape index (κ2) is 8.07. The zero-order valence-corrected chi connectivity index (χ0v) is 12.2. The van der Waals surface area contributed by atoms with Crippen molar-refractivity contribution in [1.29, 1.82) is 0 Å². The highest BCUT2D eigenvalue weighted by atomic mass is 35.5. The van der Waals surface area contributed by atoms with Crippen LogP contribution in [-0.4, -0.2) is 32.1 Å². The van der Waals surface area contributed by atoms with Crippen molar-refractivity contribution in [1.82, 2.24) is 10.6 Å². The van der Waals surface area contributed by atoms with Gasteiger partial charge >= 0.3 is 0 Å². The van der Waals surface area contributed by atoms with Gasteiger partial charge in [0, 0.05) is 5.92 Å². The molecule has 1 aliphatic heterocycles. The summed E-state index contributed by atoms with van der Waals surface area (Å²) < 4.78 is 18.1. The van der Waals surface area contributed by atoms with E-state index in [2.05, 4.69) is 10.6 Å². The van der Waals surface area contributed by atoms with Crippen molar-refractivity contribution in [2.75, 3.05) is 26.2 Å². The van der Waals surface area contributed by atoms with Gasteiger partial charge < -0.3 is 15.4 Å². The van der Waals surface area contributed by atoms with E-state index in [1.807, 2.05) is 6.92 Å². The SMILES string of the molecule is CC(C(=O)NCCOc1ccc(F)cc1)C1CNC1.Cl. The molecule has 0 saturated carbocycles. The molecule has 2 N–H and O–H groups in total. The molecule has 4 nitrogen and oxygen atoms in total. The number of ether oxygens (including phenoxy) is 1. The summed E-state index contributed by atoms with van der Waals surface area (Å²) in [7, 11) is 0. The van der Waals surface area contributed by atoms with E-state index in [9.17, 15) is 9.18 Å². The van der Waals surface area contributed by atoms with E-state index in [0.29, 0.717) is 24.8 Å². The van der Waals surface area contributed by atoms with Crippen molar-refractivity contribution in [3.8, 4) is 5.75 Å². The zero-order chi connectivity index (χ0) is 13.7. The normalized spacial score (nSPS) is 15.7. The number of benzene rings is 1. The van der Waals surface area contributed by atoms with Crippen LogP contribution in [0.2, 0.25) is 0 Å². The first-order valence-corrected chi connectivity index (χ1v) is 6.53. The van der Waals surface area contributed by atoms with E-state index in [0.717, 1.165) is 13.1 Å². The molecule has 2 rings (SSSR count). The summed E-state index contributed by atoms with van der Waals surface area (Å²) in [6.07, 6.45) is 0. The van der Waals surface area contributed by atoms with Gasteiger partial charge in [-0.2, -0.15) is 0 Å². The van der Waals surface area contributed by atoms with E-state index in [1.54, 1.807) is 12.1 Å². The third kappa shape index (κ3) is 4.65. The Morgan fingerprint density at radius 3 is 2.65 bits per heavy atom. The molecule has 1 unspecified atom stereocenters. The van der Waals surface area contributed by atoms with E-state index >= 15 is 0 Å². The quantitative estimate of drug-likeness (QED) is 0.785. The summed E-state index contributed by atoms with van der Waals surface area (Å²) in [6.45, 7) is 4.62. The Labute approximate surface area is 124 Å². The Morgan fingerprint density at radius 2 is 2.10 bits per heavy atom. The van der Waals surface area contributed by atoms with Crippen LogP contribution in [0.3, 0.4) is 0 Å².